The highest BCUT2D eigenvalue weighted by Crippen LogP contribution is 2.12. The summed E-state index contributed by atoms with van der Waals surface area (Å²) in [5.74, 6) is -0.484. The number of aromatic carboxylic acids is 1. The summed E-state index contributed by atoms with van der Waals surface area (Å²) < 4.78 is 0. The van der Waals surface area contributed by atoms with Gasteiger partial charge in [0.1, 0.15) is 5.82 Å². The van der Waals surface area contributed by atoms with Crippen molar-refractivity contribution in [2.24, 2.45) is 0 Å². The van der Waals surface area contributed by atoms with Gasteiger partial charge in [-0.1, -0.05) is 6.07 Å². The van der Waals surface area contributed by atoms with Gasteiger partial charge in [-0.25, -0.2) is 14.8 Å². The summed E-state index contributed by atoms with van der Waals surface area (Å²) in [5, 5.41) is 10.7. The van der Waals surface area contributed by atoms with Crippen LogP contribution in [-0.4, -0.2) is 21.0 Å². The van der Waals surface area contributed by atoms with Gasteiger partial charge in [-0.15, -0.1) is 11.3 Å². The second-order valence-electron chi connectivity index (χ2n) is 2.92. The highest BCUT2D eigenvalue weighted by atomic mass is 32.1. The van der Waals surface area contributed by atoms with E-state index < -0.39 is 5.97 Å². The van der Waals surface area contributed by atoms with Crippen molar-refractivity contribution in [3.63, 3.8) is 0 Å². The molecule has 2 rings (SSSR count). The molecule has 5 heteroatoms. The van der Waals surface area contributed by atoms with Gasteiger partial charge in [-0.3, -0.25) is 0 Å². The minimum absolute atomic E-state index is 0.0385. The molecule has 0 atom stereocenters. The summed E-state index contributed by atoms with van der Waals surface area (Å²) in [6, 6.07) is 5.31. The fourth-order valence-corrected chi connectivity index (χ4v) is 1.87. The first-order valence-corrected chi connectivity index (χ1v) is 5.21. The molecule has 0 bridgehead atoms. The molecule has 0 aliphatic carbocycles. The lowest BCUT2D eigenvalue weighted by molar-refractivity contribution is 0.0690. The summed E-state index contributed by atoms with van der Waals surface area (Å²) in [5.41, 5.74) is 0.0385. The number of rotatable bonds is 3. The molecular weight excluding hydrogens is 212 g/mol. The van der Waals surface area contributed by atoms with Gasteiger partial charge < -0.3 is 5.11 Å². The highest BCUT2D eigenvalue weighted by molar-refractivity contribution is 7.09. The zero-order valence-electron chi connectivity index (χ0n) is 7.75. The van der Waals surface area contributed by atoms with Gasteiger partial charge in [-0.2, -0.15) is 0 Å². The monoisotopic (exact) mass is 220 g/mol. The van der Waals surface area contributed by atoms with E-state index in [9.17, 15) is 4.79 Å². The minimum atomic E-state index is -1.02. The number of hydrogen-bond acceptors (Lipinski definition) is 4. The molecule has 0 saturated carbocycles. The van der Waals surface area contributed by atoms with E-state index in [0.29, 0.717) is 12.2 Å². The molecule has 0 aromatic carbocycles. The molecule has 2 heterocycles. The molecule has 0 saturated heterocycles. The third kappa shape index (κ3) is 2.38. The van der Waals surface area contributed by atoms with Gasteiger partial charge in [0, 0.05) is 17.5 Å². The van der Waals surface area contributed by atoms with E-state index in [1.54, 1.807) is 11.3 Å². The molecule has 0 aliphatic rings. The fourth-order valence-electron chi connectivity index (χ4n) is 1.17. The Morgan fingerprint density at radius 3 is 3.00 bits per heavy atom. The van der Waals surface area contributed by atoms with E-state index in [2.05, 4.69) is 9.97 Å². The molecule has 0 aliphatic heterocycles. The van der Waals surface area contributed by atoms with Crippen molar-refractivity contribution in [3.05, 3.63) is 46.2 Å². The van der Waals surface area contributed by atoms with Crippen molar-refractivity contribution in [1.29, 1.82) is 0 Å². The molecule has 4 nitrogen and oxygen atoms in total. The predicted octanol–water partition coefficient (Wildman–Crippen LogP) is 1.83. The van der Waals surface area contributed by atoms with Gasteiger partial charge in [-0.05, 0) is 17.5 Å². The first-order chi connectivity index (χ1) is 7.25. The first kappa shape index (κ1) is 9.79. The number of hydrogen-bond donors (Lipinski definition) is 1. The second-order valence-corrected chi connectivity index (χ2v) is 3.95. The number of carboxylic acid groups (broad SMARTS) is 1. The van der Waals surface area contributed by atoms with E-state index in [0.717, 1.165) is 4.88 Å². The Bertz CT molecular complexity index is 468. The van der Waals surface area contributed by atoms with Gasteiger partial charge >= 0.3 is 5.97 Å². The largest absolute Gasteiger partial charge is 0.477 e. The van der Waals surface area contributed by atoms with Crippen LogP contribution >= 0.6 is 11.3 Å². The zero-order valence-corrected chi connectivity index (χ0v) is 8.57. The SMILES string of the molecule is O=C(O)c1ccnc(Cc2cccs2)n1. The van der Waals surface area contributed by atoms with E-state index in [4.69, 9.17) is 5.11 Å². The summed E-state index contributed by atoms with van der Waals surface area (Å²) in [7, 11) is 0. The van der Waals surface area contributed by atoms with Crippen LogP contribution < -0.4 is 0 Å². The van der Waals surface area contributed by atoms with Crippen LogP contribution in [0.15, 0.2) is 29.8 Å². The van der Waals surface area contributed by atoms with Crippen molar-refractivity contribution >= 4 is 17.3 Å². The van der Waals surface area contributed by atoms with Crippen molar-refractivity contribution in [2.45, 2.75) is 6.42 Å². The molecule has 15 heavy (non-hydrogen) atoms. The van der Waals surface area contributed by atoms with Crippen LogP contribution in [0.5, 0.6) is 0 Å². The van der Waals surface area contributed by atoms with Crippen LogP contribution in [-0.2, 0) is 6.42 Å². The van der Waals surface area contributed by atoms with Crippen molar-refractivity contribution in [1.82, 2.24) is 9.97 Å². The van der Waals surface area contributed by atoms with Crippen molar-refractivity contribution in [3.8, 4) is 0 Å². The Hall–Kier alpha value is -1.75. The Labute approximate surface area is 90.3 Å². The van der Waals surface area contributed by atoms with Crippen LogP contribution in [0.1, 0.15) is 21.2 Å². The first-order valence-electron chi connectivity index (χ1n) is 4.33. The topological polar surface area (TPSA) is 63.1 Å². The standard InChI is InChI=1S/C10H8N2O2S/c13-10(14)8-3-4-11-9(12-8)6-7-2-1-5-15-7/h1-5H,6H2,(H,13,14). The molecule has 1 N–H and O–H groups in total. The maximum absolute atomic E-state index is 10.7. The van der Waals surface area contributed by atoms with Crippen LogP contribution in [0, 0.1) is 0 Å². The normalized spacial score (nSPS) is 10.1. The summed E-state index contributed by atoms with van der Waals surface area (Å²) in [6.45, 7) is 0. The van der Waals surface area contributed by atoms with E-state index in [1.807, 2.05) is 17.5 Å². The molecule has 2 aromatic heterocycles. The van der Waals surface area contributed by atoms with Crippen LogP contribution in [0.2, 0.25) is 0 Å². The average Bonchev–Trinajstić information content (AvgIpc) is 2.71. The number of nitrogens with zero attached hydrogens (tertiary/aromatic N) is 2. The van der Waals surface area contributed by atoms with Crippen LogP contribution in [0.3, 0.4) is 0 Å². The Morgan fingerprint density at radius 2 is 2.33 bits per heavy atom. The zero-order chi connectivity index (χ0) is 10.7. The van der Waals surface area contributed by atoms with Crippen molar-refractivity contribution < 1.29 is 9.90 Å². The lowest BCUT2D eigenvalue weighted by Crippen LogP contribution is -2.04. The van der Waals surface area contributed by atoms with Gasteiger partial charge in [0.25, 0.3) is 0 Å². The third-order valence-corrected chi connectivity index (χ3v) is 2.71. The molecule has 0 unspecified atom stereocenters. The van der Waals surface area contributed by atoms with Crippen LogP contribution in [0.4, 0.5) is 0 Å². The lowest BCUT2D eigenvalue weighted by Gasteiger charge is -1.98. The quantitative estimate of drug-likeness (QED) is 0.857. The Balaban J connectivity index is 2.22. The maximum atomic E-state index is 10.7. The van der Waals surface area contributed by atoms with Gasteiger partial charge in [0.2, 0.25) is 0 Å². The number of carbonyl (C=O) groups is 1. The molecule has 0 radical (unpaired) electrons. The average molecular weight is 220 g/mol. The maximum Gasteiger partial charge on any atom is 0.354 e. The van der Waals surface area contributed by atoms with Crippen molar-refractivity contribution in [2.75, 3.05) is 0 Å². The fraction of sp³-hybridized carbons (Fsp3) is 0.100. The van der Waals surface area contributed by atoms with Gasteiger partial charge in [0.15, 0.2) is 5.69 Å². The van der Waals surface area contributed by atoms with E-state index >= 15 is 0 Å². The molecule has 2 aromatic rings. The Kier molecular flexibility index (Phi) is 2.73. The number of aromatic nitrogens is 2. The van der Waals surface area contributed by atoms with Crippen LogP contribution in [0.25, 0.3) is 0 Å². The third-order valence-electron chi connectivity index (χ3n) is 1.84. The molecule has 0 spiro atoms. The number of thiophene rings is 1. The summed E-state index contributed by atoms with van der Waals surface area (Å²) >= 11 is 1.60. The molecule has 0 fully saturated rings. The molecule has 76 valence electrons. The lowest BCUT2D eigenvalue weighted by atomic mass is 10.3. The molecular formula is C10H8N2O2S. The van der Waals surface area contributed by atoms with E-state index in [-0.39, 0.29) is 5.69 Å². The predicted molar refractivity (Wildman–Crippen MR) is 56.1 cm³/mol. The van der Waals surface area contributed by atoms with E-state index in [1.165, 1.54) is 12.3 Å². The smallest absolute Gasteiger partial charge is 0.354 e. The number of carboxylic acids is 1. The molecule has 0 amide bonds. The van der Waals surface area contributed by atoms with Gasteiger partial charge in [0.05, 0.1) is 0 Å². The summed E-state index contributed by atoms with van der Waals surface area (Å²) in [4.78, 5) is 19.8. The Morgan fingerprint density at radius 1 is 1.47 bits per heavy atom. The second kappa shape index (κ2) is 4.18. The minimum Gasteiger partial charge on any atom is -0.477 e. The highest BCUT2D eigenvalue weighted by Gasteiger charge is 2.06. The summed E-state index contributed by atoms with van der Waals surface area (Å²) in [6.07, 6.45) is 2.05.